The summed E-state index contributed by atoms with van der Waals surface area (Å²) in [4.78, 5) is 12.2. The van der Waals surface area contributed by atoms with Gasteiger partial charge in [0.25, 0.3) is 0 Å². The molecule has 25 heavy (non-hydrogen) atoms. The standard InChI is InChI=1S/C20H21N3O2/c1-13-7-9-16(10-8-13)20-23-22-18(25-20)12-11-17(24)21-19-14(2)5-4-6-15(19)3/h4-10H,11-12H2,1-3H3,(H,21,24). The second kappa shape index (κ2) is 7.30. The van der Waals surface area contributed by atoms with Crippen LogP contribution in [0.1, 0.15) is 29.0 Å². The van der Waals surface area contributed by atoms with E-state index in [4.69, 9.17) is 4.42 Å². The molecule has 5 nitrogen and oxygen atoms in total. The van der Waals surface area contributed by atoms with Crippen molar-refractivity contribution in [3.8, 4) is 11.5 Å². The van der Waals surface area contributed by atoms with E-state index < -0.39 is 0 Å². The van der Waals surface area contributed by atoms with Crippen LogP contribution in [-0.2, 0) is 11.2 Å². The summed E-state index contributed by atoms with van der Waals surface area (Å²) in [6, 6.07) is 13.8. The summed E-state index contributed by atoms with van der Waals surface area (Å²) < 4.78 is 5.66. The number of carbonyl (C=O) groups is 1. The Morgan fingerprint density at radius 1 is 1.00 bits per heavy atom. The van der Waals surface area contributed by atoms with Gasteiger partial charge in [-0.2, -0.15) is 0 Å². The second-order valence-corrected chi connectivity index (χ2v) is 6.18. The molecule has 0 radical (unpaired) electrons. The Balaban J connectivity index is 1.60. The molecule has 0 aliphatic rings. The molecule has 1 amide bonds. The molecule has 0 atom stereocenters. The Hall–Kier alpha value is -2.95. The van der Waals surface area contributed by atoms with E-state index in [-0.39, 0.29) is 5.91 Å². The first kappa shape index (κ1) is 16.9. The molecular weight excluding hydrogens is 314 g/mol. The van der Waals surface area contributed by atoms with Crippen LogP contribution in [0.4, 0.5) is 5.69 Å². The van der Waals surface area contributed by atoms with Crippen LogP contribution in [0, 0.1) is 20.8 Å². The summed E-state index contributed by atoms with van der Waals surface area (Å²) in [6.07, 6.45) is 0.707. The van der Waals surface area contributed by atoms with Crippen molar-refractivity contribution in [2.75, 3.05) is 5.32 Å². The Morgan fingerprint density at radius 3 is 2.36 bits per heavy atom. The number of carbonyl (C=O) groups excluding carboxylic acids is 1. The van der Waals surface area contributed by atoms with Gasteiger partial charge in [-0.25, -0.2) is 0 Å². The molecule has 1 aromatic heterocycles. The van der Waals surface area contributed by atoms with Gasteiger partial charge in [-0.05, 0) is 44.0 Å². The van der Waals surface area contributed by atoms with Crippen LogP contribution in [0.2, 0.25) is 0 Å². The number of hydrogen-bond donors (Lipinski definition) is 1. The number of anilines is 1. The molecule has 0 aliphatic heterocycles. The zero-order valence-electron chi connectivity index (χ0n) is 14.7. The number of nitrogens with zero attached hydrogens (tertiary/aromatic N) is 2. The fourth-order valence-corrected chi connectivity index (χ4v) is 2.60. The number of amides is 1. The zero-order chi connectivity index (χ0) is 17.8. The molecule has 0 saturated heterocycles. The Kier molecular flexibility index (Phi) is 4.93. The van der Waals surface area contributed by atoms with Gasteiger partial charge in [-0.1, -0.05) is 35.9 Å². The van der Waals surface area contributed by atoms with Gasteiger partial charge in [0.15, 0.2) is 0 Å². The van der Waals surface area contributed by atoms with Gasteiger partial charge in [0.2, 0.25) is 17.7 Å². The van der Waals surface area contributed by atoms with Gasteiger partial charge < -0.3 is 9.73 Å². The predicted octanol–water partition coefficient (Wildman–Crippen LogP) is 4.23. The lowest BCUT2D eigenvalue weighted by Gasteiger charge is -2.10. The Morgan fingerprint density at radius 2 is 1.68 bits per heavy atom. The Bertz CT molecular complexity index is 862. The summed E-state index contributed by atoms with van der Waals surface area (Å²) in [5, 5.41) is 11.1. The van der Waals surface area contributed by atoms with E-state index in [1.54, 1.807) is 0 Å². The molecule has 3 rings (SSSR count). The molecule has 1 heterocycles. The molecule has 0 aliphatic carbocycles. The SMILES string of the molecule is Cc1ccc(-c2nnc(CCC(=O)Nc3c(C)cccc3C)o2)cc1. The van der Waals surface area contributed by atoms with Crippen molar-refractivity contribution < 1.29 is 9.21 Å². The van der Waals surface area contributed by atoms with E-state index in [0.29, 0.717) is 24.6 Å². The molecule has 2 aromatic carbocycles. The minimum Gasteiger partial charge on any atom is -0.421 e. The van der Waals surface area contributed by atoms with Crippen molar-refractivity contribution in [2.24, 2.45) is 0 Å². The van der Waals surface area contributed by atoms with E-state index in [1.165, 1.54) is 5.56 Å². The lowest BCUT2D eigenvalue weighted by atomic mass is 10.1. The smallest absolute Gasteiger partial charge is 0.247 e. The molecular formula is C20H21N3O2. The molecule has 0 bridgehead atoms. The van der Waals surface area contributed by atoms with Crippen LogP contribution in [0.25, 0.3) is 11.5 Å². The van der Waals surface area contributed by atoms with Crippen LogP contribution < -0.4 is 5.32 Å². The molecule has 0 saturated carbocycles. The van der Waals surface area contributed by atoms with Crippen LogP contribution >= 0.6 is 0 Å². The number of aromatic nitrogens is 2. The van der Waals surface area contributed by atoms with Gasteiger partial charge in [0.1, 0.15) is 0 Å². The quantitative estimate of drug-likeness (QED) is 0.757. The third-order valence-electron chi connectivity index (χ3n) is 4.08. The first-order valence-corrected chi connectivity index (χ1v) is 8.28. The zero-order valence-corrected chi connectivity index (χ0v) is 14.7. The summed E-state index contributed by atoms with van der Waals surface area (Å²) in [5.41, 5.74) is 5.02. The highest BCUT2D eigenvalue weighted by molar-refractivity contribution is 5.92. The molecule has 5 heteroatoms. The van der Waals surface area contributed by atoms with E-state index in [0.717, 1.165) is 22.4 Å². The molecule has 0 unspecified atom stereocenters. The van der Waals surface area contributed by atoms with Crippen molar-refractivity contribution in [1.82, 2.24) is 10.2 Å². The minimum atomic E-state index is -0.0625. The number of aryl methyl sites for hydroxylation is 4. The van der Waals surface area contributed by atoms with Crippen molar-refractivity contribution in [3.63, 3.8) is 0 Å². The van der Waals surface area contributed by atoms with E-state index in [9.17, 15) is 4.79 Å². The van der Waals surface area contributed by atoms with Gasteiger partial charge in [-0.3, -0.25) is 4.79 Å². The van der Waals surface area contributed by atoms with Crippen molar-refractivity contribution >= 4 is 11.6 Å². The lowest BCUT2D eigenvalue weighted by molar-refractivity contribution is -0.116. The number of nitrogens with one attached hydrogen (secondary N) is 1. The molecule has 128 valence electrons. The lowest BCUT2D eigenvalue weighted by Crippen LogP contribution is -2.14. The summed E-state index contributed by atoms with van der Waals surface area (Å²) in [7, 11) is 0. The van der Waals surface area contributed by atoms with E-state index in [2.05, 4.69) is 15.5 Å². The number of para-hydroxylation sites is 1. The fourth-order valence-electron chi connectivity index (χ4n) is 2.60. The predicted molar refractivity (Wildman–Crippen MR) is 97.3 cm³/mol. The van der Waals surface area contributed by atoms with Gasteiger partial charge >= 0.3 is 0 Å². The highest BCUT2D eigenvalue weighted by Crippen LogP contribution is 2.21. The largest absolute Gasteiger partial charge is 0.421 e. The first-order chi connectivity index (χ1) is 12.0. The van der Waals surface area contributed by atoms with Crippen LogP contribution in [0.3, 0.4) is 0 Å². The molecule has 0 fully saturated rings. The van der Waals surface area contributed by atoms with E-state index >= 15 is 0 Å². The topological polar surface area (TPSA) is 68.0 Å². The second-order valence-electron chi connectivity index (χ2n) is 6.18. The third kappa shape index (κ3) is 4.12. The number of hydrogen-bond acceptors (Lipinski definition) is 4. The van der Waals surface area contributed by atoms with E-state index in [1.807, 2.05) is 63.2 Å². The number of benzene rings is 2. The Labute approximate surface area is 147 Å². The fraction of sp³-hybridized carbons (Fsp3) is 0.250. The molecule has 1 N–H and O–H groups in total. The normalized spacial score (nSPS) is 10.7. The van der Waals surface area contributed by atoms with Gasteiger partial charge in [-0.15, -0.1) is 10.2 Å². The highest BCUT2D eigenvalue weighted by atomic mass is 16.4. The summed E-state index contributed by atoms with van der Waals surface area (Å²) in [5.74, 6) is 0.880. The van der Waals surface area contributed by atoms with Gasteiger partial charge in [0.05, 0.1) is 0 Å². The van der Waals surface area contributed by atoms with Crippen molar-refractivity contribution in [2.45, 2.75) is 33.6 Å². The first-order valence-electron chi connectivity index (χ1n) is 8.28. The van der Waals surface area contributed by atoms with Crippen molar-refractivity contribution in [1.29, 1.82) is 0 Å². The van der Waals surface area contributed by atoms with Crippen LogP contribution in [0.5, 0.6) is 0 Å². The highest BCUT2D eigenvalue weighted by Gasteiger charge is 2.12. The maximum atomic E-state index is 12.2. The van der Waals surface area contributed by atoms with Crippen LogP contribution in [0.15, 0.2) is 46.9 Å². The number of rotatable bonds is 5. The summed E-state index contributed by atoms with van der Waals surface area (Å²) in [6.45, 7) is 5.99. The minimum absolute atomic E-state index is 0.0625. The summed E-state index contributed by atoms with van der Waals surface area (Å²) >= 11 is 0. The average molecular weight is 335 g/mol. The third-order valence-corrected chi connectivity index (χ3v) is 4.08. The maximum Gasteiger partial charge on any atom is 0.247 e. The van der Waals surface area contributed by atoms with Crippen molar-refractivity contribution in [3.05, 3.63) is 65.0 Å². The van der Waals surface area contributed by atoms with Crippen LogP contribution in [-0.4, -0.2) is 16.1 Å². The average Bonchev–Trinajstić information content (AvgIpc) is 3.06. The monoisotopic (exact) mass is 335 g/mol. The molecule has 3 aromatic rings. The molecule has 0 spiro atoms. The van der Waals surface area contributed by atoms with Gasteiger partial charge in [0, 0.05) is 24.1 Å². The maximum absolute atomic E-state index is 12.2.